The van der Waals surface area contributed by atoms with Crippen molar-refractivity contribution >= 4 is 59.6 Å². The maximum absolute atomic E-state index is 12.8. The van der Waals surface area contributed by atoms with Crippen LogP contribution in [0.4, 0.5) is 11.4 Å². The van der Waals surface area contributed by atoms with Crippen molar-refractivity contribution in [2.75, 3.05) is 64.9 Å². The van der Waals surface area contributed by atoms with Crippen LogP contribution >= 0.6 is 11.8 Å². The van der Waals surface area contributed by atoms with Crippen molar-refractivity contribution in [2.45, 2.75) is 33.6 Å². The molecule has 0 bridgehead atoms. The van der Waals surface area contributed by atoms with E-state index < -0.39 is 11.8 Å². The van der Waals surface area contributed by atoms with E-state index in [1.807, 2.05) is 24.8 Å². The highest BCUT2D eigenvalue weighted by Crippen LogP contribution is 2.39. The van der Waals surface area contributed by atoms with Crippen LogP contribution in [0.3, 0.4) is 0 Å². The second-order valence-electron chi connectivity index (χ2n) is 9.14. The number of benzene rings is 1. The summed E-state index contributed by atoms with van der Waals surface area (Å²) in [5.41, 5.74) is 18.1. The summed E-state index contributed by atoms with van der Waals surface area (Å²) in [5.74, 6) is -0.0778. The maximum atomic E-state index is 12.8. The monoisotopic (exact) mass is 648 g/mol. The number of hydrogen-bond acceptors (Lipinski definition) is 13. The summed E-state index contributed by atoms with van der Waals surface area (Å²) in [6, 6.07) is 2.99. The Morgan fingerprint density at radius 2 is 1.87 bits per heavy atom. The number of carbonyl (C=O) groups excluding carboxylic acids is 4. The molecule has 1 aromatic rings. The van der Waals surface area contributed by atoms with Gasteiger partial charge in [-0.3, -0.25) is 34.1 Å². The number of rotatable bonds is 16. The highest BCUT2D eigenvalue weighted by atomic mass is 32.2. The summed E-state index contributed by atoms with van der Waals surface area (Å²) < 4.78 is 10.2. The fourth-order valence-electron chi connectivity index (χ4n) is 3.77. The molecule has 45 heavy (non-hydrogen) atoms. The third kappa shape index (κ3) is 15.4. The predicted molar refractivity (Wildman–Crippen MR) is 182 cm³/mol. The van der Waals surface area contributed by atoms with E-state index in [9.17, 15) is 19.2 Å². The molecular weight excluding hydrogens is 600 g/mol. The first-order valence-electron chi connectivity index (χ1n) is 14.2. The van der Waals surface area contributed by atoms with Gasteiger partial charge in [0.05, 0.1) is 39.8 Å². The lowest BCUT2D eigenvalue weighted by molar-refractivity contribution is -0.141. The lowest BCUT2D eigenvalue weighted by atomic mass is 10.1. The largest absolute Gasteiger partial charge is 0.494 e. The number of amides is 2. The van der Waals surface area contributed by atoms with Crippen molar-refractivity contribution in [3.8, 4) is 5.75 Å². The van der Waals surface area contributed by atoms with E-state index in [0.717, 1.165) is 23.4 Å². The molecule has 0 aromatic heterocycles. The number of nitrogens with two attached hydrogens (primary N) is 3. The van der Waals surface area contributed by atoms with Crippen LogP contribution < -0.4 is 32.2 Å². The van der Waals surface area contributed by atoms with Crippen molar-refractivity contribution in [1.82, 2.24) is 10.2 Å². The Labute approximate surface area is 270 Å². The van der Waals surface area contributed by atoms with E-state index in [4.69, 9.17) is 26.7 Å². The molecule has 0 unspecified atom stereocenters. The first-order chi connectivity index (χ1) is 21.5. The topological polar surface area (TPSA) is 208 Å². The second-order valence-corrected chi connectivity index (χ2v) is 10.3. The lowest BCUT2D eigenvalue weighted by Gasteiger charge is -2.29. The number of primary amides is 1. The van der Waals surface area contributed by atoms with Gasteiger partial charge in [-0.1, -0.05) is 19.9 Å². The molecule has 1 aliphatic rings. The average molecular weight is 649 g/mol. The van der Waals surface area contributed by atoms with Gasteiger partial charge in [-0.25, -0.2) is 0 Å². The van der Waals surface area contributed by atoms with E-state index in [-0.39, 0.29) is 37.1 Å². The number of nitrogens with one attached hydrogen (secondary N) is 1. The van der Waals surface area contributed by atoms with Crippen LogP contribution in [0.1, 0.15) is 44.0 Å². The third-order valence-corrected chi connectivity index (χ3v) is 6.81. The fourth-order valence-corrected chi connectivity index (χ4v) is 4.54. The van der Waals surface area contributed by atoms with Crippen molar-refractivity contribution in [1.29, 1.82) is 0 Å². The number of methoxy groups -OCH3 is 2. The van der Waals surface area contributed by atoms with Crippen LogP contribution in [-0.4, -0.2) is 101 Å². The van der Waals surface area contributed by atoms with Crippen molar-refractivity contribution in [2.24, 2.45) is 27.2 Å². The molecule has 0 atom stereocenters. The molecule has 1 aliphatic heterocycles. The van der Waals surface area contributed by atoms with E-state index >= 15 is 0 Å². The van der Waals surface area contributed by atoms with Gasteiger partial charge in [0.1, 0.15) is 17.1 Å². The molecule has 0 spiro atoms. The zero-order chi connectivity index (χ0) is 34.4. The van der Waals surface area contributed by atoms with E-state index in [0.29, 0.717) is 42.3 Å². The Morgan fingerprint density at radius 3 is 2.33 bits per heavy atom. The number of anilines is 1. The van der Waals surface area contributed by atoms with Gasteiger partial charge in [0.2, 0.25) is 5.91 Å². The van der Waals surface area contributed by atoms with Crippen LogP contribution in [0, 0.1) is 0 Å². The van der Waals surface area contributed by atoms with Crippen LogP contribution in [0.25, 0.3) is 0 Å². The summed E-state index contributed by atoms with van der Waals surface area (Å²) in [4.78, 5) is 58.5. The van der Waals surface area contributed by atoms with Gasteiger partial charge in [0.25, 0.3) is 5.91 Å². The fraction of sp³-hybridized carbons (Fsp3) is 0.467. The molecule has 0 saturated carbocycles. The van der Waals surface area contributed by atoms with Crippen molar-refractivity contribution in [3.63, 3.8) is 0 Å². The Morgan fingerprint density at radius 1 is 1.18 bits per heavy atom. The zero-order valence-electron chi connectivity index (χ0n) is 27.1. The number of aldehydes is 1. The van der Waals surface area contributed by atoms with E-state index in [2.05, 4.69) is 22.0 Å². The number of thioether (sulfide) groups is 1. The molecule has 1 aromatic carbocycles. The van der Waals surface area contributed by atoms with Gasteiger partial charge in [-0.2, -0.15) is 0 Å². The van der Waals surface area contributed by atoms with Crippen LogP contribution in [0.15, 0.2) is 44.9 Å². The van der Waals surface area contributed by atoms with E-state index in [1.165, 1.54) is 32.4 Å². The number of aliphatic imine (C=N–C) groups is 2. The van der Waals surface area contributed by atoms with Gasteiger partial charge in [-0.15, -0.1) is 11.8 Å². The Balaban J connectivity index is 0.00000185. The number of ether oxygens (including phenoxy) is 2. The normalized spacial score (nSPS) is 12.5. The summed E-state index contributed by atoms with van der Waals surface area (Å²) in [5, 5.41) is 2.79. The summed E-state index contributed by atoms with van der Waals surface area (Å²) in [7, 11) is 4.56. The number of allylic oxidation sites excluding steroid dienone is 3. The molecule has 0 aliphatic carbocycles. The zero-order valence-corrected chi connectivity index (χ0v) is 27.9. The van der Waals surface area contributed by atoms with Crippen molar-refractivity contribution in [3.05, 3.63) is 40.5 Å². The number of likely N-dealkylation sites (N-methyl/N-ethyl adjacent to an activating group) is 1. The molecule has 2 amide bonds. The van der Waals surface area contributed by atoms with Crippen LogP contribution in [0.5, 0.6) is 5.75 Å². The molecule has 0 saturated heterocycles. The van der Waals surface area contributed by atoms with Crippen molar-refractivity contribution < 1.29 is 28.7 Å². The van der Waals surface area contributed by atoms with Crippen LogP contribution in [0.2, 0.25) is 0 Å². The molecule has 14 nitrogen and oxygen atoms in total. The maximum Gasteiger partial charge on any atom is 0.319 e. The number of nitrogens with zero attached hydrogens (tertiary/aromatic N) is 4. The van der Waals surface area contributed by atoms with Gasteiger partial charge in [-0.05, 0) is 51.7 Å². The molecule has 0 fully saturated rings. The molecule has 250 valence electrons. The quantitative estimate of drug-likeness (QED) is 0.0881. The Bertz CT molecular complexity index is 1230. The summed E-state index contributed by atoms with van der Waals surface area (Å²) in [6.07, 6.45) is 5.97. The SMILES string of the molecule is C=Nc1cc(C(N)=O)cc(OC)c1N(CCCN(C)CC(=O)OC)CNC(=O)C(/C=C(/C)N)=N\CN.CC.O=CC1=CCCS1. The summed E-state index contributed by atoms with van der Waals surface area (Å²) in [6.45, 7) is 10.3. The van der Waals surface area contributed by atoms with Gasteiger partial charge < -0.3 is 36.9 Å². The number of hydrogen-bond donors (Lipinski definition) is 4. The van der Waals surface area contributed by atoms with E-state index in [1.54, 1.807) is 30.6 Å². The minimum Gasteiger partial charge on any atom is -0.494 e. The Kier molecular flexibility index (Phi) is 21.0. The molecule has 1 heterocycles. The predicted octanol–water partition coefficient (Wildman–Crippen LogP) is 1.95. The molecule has 0 radical (unpaired) electrons. The average Bonchev–Trinajstić information content (AvgIpc) is 3.57. The minimum atomic E-state index is -0.652. The number of carbonyl (C=O) groups is 4. The highest BCUT2D eigenvalue weighted by molar-refractivity contribution is 8.04. The smallest absolute Gasteiger partial charge is 0.319 e. The standard InChI is InChI=1S/C23H36N8O5.C5H6OS.C2H6/c1-15(25)9-18(28-13-24)23(34)29-14-31(8-6-7-30(3)12-20(32)36-5)21-17(27-2)10-16(22(26)33)11-19(21)35-4;6-4-5-2-1-3-7-5;1-2/h9-11H,2,6-8,12-14,24-25H2,1,3-5H3,(H2,26,33)(H,29,34);2,4H,1,3H2;1-2H3/b15-9-,28-18-;;. The first kappa shape index (κ1) is 40.8. The van der Waals surface area contributed by atoms with Gasteiger partial charge in [0.15, 0.2) is 6.29 Å². The molecule has 15 heteroatoms. The Hall–Kier alpha value is -4.21. The summed E-state index contributed by atoms with van der Waals surface area (Å²) >= 11 is 1.64. The second kappa shape index (κ2) is 23.2. The van der Waals surface area contributed by atoms with Crippen LogP contribution in [-0.2, 0) is 19.1 Å². The molecule has 7 N–H and O–H groups in total. The number of esters is 1. The molecular formula is C30H48N8O6S. The third-order valence-electron chi connectivity index (χ3n) is 5.78. The highest BCUT2D eigenvalue weighted by Gasteiger charge is 2.21. The molecule has 2 rings (SSSR count). The minimum absolute atomic E-state index is 0.0232. The lowest BCUT2D eigenvalue weighted by Crippen LogP contribution is -2.42. The first-order valence-corrected chi connectivity index (χ1v) is 15.2. The van der Waals surface area contributed by atoms with Gasteiger partial charge >= 0.3 is 5.97 Å². The van der Waals surface area contributed by atoms with Gasteiger partial charge in [0, 0.05) is 35.0 Å².